The van der Waals surface area contributed by atoms with E-state index in [1.54, 1.807) is 43.3 Å². The minimum absolute atomic E-state index is 0.0233. The first-order valence-corrected chi connectivity index (χ1v) is 7.68. The van der Waals surface area contributed by atoms with Crippen LogP contribution in [0.2, 0.25) is 0 Å². The Labute approximate surface area is 131 Å². The fourth-order valence-electron chi connectivity index (χ4n) is 2.39. The van der Waals surface area contributed by atoms with Gasteiger partial charge in [-0.3, -0.25) is 9.59 Å². The van der Waals surface area contributed by atoms with E-state index in [0.29, 0.717) is 24.6 Å². The number of ether oxygens (including phenoxy) is 1. The second-order valence-electron chi connectivity index (χ2n) is 5.96. The molecule has 1 aliphatic rings. The number of amides is 2. The Kier molecular flexibility index (Phi) is 5.55. The molecule has 0 aromatic heterocycles. The molecule has 0 heterocycles. The van der Waals surface area contributed by atoms with Crippen LogP contribution in [0.3, 0.4) is 0 Å². The first-order valence-electron chi connectivity index (χ1n) is 7.68. The minimum atomic E-state index is -0.0233. The van der Waals surface area contributed by atoms with Crippen molar-refractivity contribution in [1.82, 2.24) is 4.90 Å². The third-order valence-electron chi connectivity index (χ3n) is 4.03. The van der Waals surface area contributed by atoms with Crippen molar-refractivity contribution < 1.29 is 14.3 Å². The van der Waals surface area contributed by atoms with Crippen LogP contribution < -0.4 is 5.32 Å². The fraction of sp³-hybridized carbons (Fsp3) is 0.529. The number of anilines is 1. The Morgan fingerprint density at radius 2 is 1.95 bits per heavy atom. The van der Waals surface area contributed by atoms with Gasteiger partial charge < -0.3 is 15.0 Å². The van der Waals surface area contributed by atoms with Crippen LogP contribution in [-0.2, 0) is 9.53 Å². The second kappa shape index (κ2) is 7.40. The smallest absolute Gasteiger partial charge is 0.253 e. The minimum Gasteiger partial charge on any atom is -0.385 e. The van der Waals surface area contributed by atoms with Crippen LogP contribution >= 0.6 is 0 Å². The molecule has 1 N–H and O–H groups in total. The highest BCUT2D eigenvalue weighted by atomic mass is 16.5. The summed E-state index contributed by atoms with van der Waals surface area (Å²) in [6.07, 6.45) is 1.78. The number of methoxy groups -OCH3 is 1. The Balaban J connectivity index is 1.87. The molecule has 2 rings (SSSR count). The molecule has 0 radical (unpaired) electrons. The number of hydrogen-bond donors (Lipinski definition) is 1. The van der Waals surface area contributed by atoms with Gasteiger partial charge in [-0.25, -0.2) is 0 Å². The van der Waals surface area contributed by atoms with Crippen LogP contribution in [-0.4, -0.2) is 44.0 Å². The Hall–Kier alpha value is -1.88. The summed E-state index contributed by atoms with van der Waals surface area (Å²) in [5, 5.41) is 2.89. The van der Waals surface area contributed by atoms with Gasteiger partial charge in [0.05, 0.1) is 0 Å². The van der Waals surface area contributed by atoms with Crippen LogP contribution in [0.25, 0.3) is 0 Å². The summed E-state index contributed by atoms with van der Waals surface area (Å²) >= 11 is 0. The molecule has 0 bridgehead atoms. The van der Waals surface area contributed by atoms with Crippen LogP contribution in [0.4, 0.5) is 5.69 Å². The molecule has 0 aliphatic heterocycles. The number of nitrogens with one attached hydrogen (secondary N) is 1. The number of carbonyl (C=O) groups is 2. The first-order chi connectivity index (χ1) is 10.5. The van der Waals surface area contributed by atoms with Crippen molar-refractivity contribution in [3.63, 3.8) is 0 Å². The average Bonchev–Trinajstić information content (AvgIpc) is 3.24. The molecule has 2 atom stereocenters. The standard InChI is InChI=1S/C17H24N2O3/c1-12-11-15(12)16(20)18-14-7-5-13(6-8-14)17(21)19(2)9-4-10-22-3/h5-8,12,15H,4,9-11H2,1-3H3,(H,18,20). The van der Waals surface area contributed by atoms with Gasteiger partial charge in [0.2, 0.25) is 5.91 Å². The number of hydrogen-bond acceptors (Lipinski definition) is 3. The lowest BCUT2D eigenvalue weighted by molar-refractivity contribution is -0.117. The topological polar surface area (TPSA) is 58.6 Å². The van der Waals surface area contributed by atoms with Gasteiger partial charge in [-0.2, -0.15) is 0 Å². The normalized spacial score (nSPS) is 19.6. The fourth-order valence-corrected chi connectivity index (χ4v) is 2.39. The van der Waals surface area contributed by atoms with E-state index in [2.05, 4.69) is 12.2 Å². The zero-order valence-corrected chi connectivity index (χ0v) is 13.5. The molecule has 0 spiro atoms. The number of rotatable bonds is 7. The van der Waals surface area contributed by atoms with Crippen molar-refractivity contribution in [3.05, 3.63) is 29.8 Å². The maximum Gasteiger partial charge on any atom is 0.253 e. The molecule has 1 saturated carbocycles. The molecule has 5 nitrogen and oxygen atoms in total. The monoisotopic (exact) mass is 304 g/mol. The maximum absolute atomic E-state index is 12.2. The molecule has 1 aliphatic carbocycles. The first kappa shape index (κ1) is 16.5. The van der Waals surface area contributed by atoms with E-state index in [1.807, 2.05) is 0 Å². The van der Waals surface area contributed by atoms with E-state index in [9.17, 15) is 9.59 Å². The molecule has 0 saturated heterocycles. The van der Waals surface area contributed by atoms with Crippen molar-refractivity contribution >= 4 is 17.5 Å². The van der Waals surface area contributed by atoms with Crippen molar-refractivity contribution in [3.8, 4) is 0 Å². The maximum atomic E-state index is 12.2. The van der Waals surface area contributed by atoms with Crippen LogP contribution in [0.1, 0.15) is 30.1 Å². The Bertz CT molecular complexity index is 527. The highest BCUT2D eigenvalue weighted by Crippen LogP contribution is 2.38. The molecule has 2 unspecified atom stereocenters. The summed E-state index contributed by atoms with van der Waals surface area (Å²) in [6.45, 7) is 3.37. The highest BCUT2D eigenvalue weighted by molar-refractivity contribution is 5.96. The summed E-state index contributed by atoms with van der Waals surface area (Å²) in [7, 11) is 3.43. The van der Waals surface area contributed by atoms with Gasteiger partial charge >= 0.3 is 0 Å². The van der Waals surface area contributed by atoms with E-state index in [4.69, 9.17) is 4.74 Å². The summed E-state index contributed by atoms with van der Waals surface area (Å²) < 4.78 is 4.98. The van der Waals surface area contributed by atoms with Crippen molar-refractivity contribution in [2.45, 2.75) is 19.8 Å². The Morgan fingerprint density at radius 1 is 1.32 bits per heavy atom. The highest BCUT2D eigenvalue weighted by Gasteiger charge is 2.39. The van der Waals surface area contributed by atoms with Crippen LogP contribution in [0.15, 0.2) is 24.3 Å². The number of benzene rings is 1. The molecule has 1 fully saturated rings. The Morgan fingerprint density at radius 3 is 2.50 bits per heavy atom. The lowest BCUT2D eigenvalue weighted by Crippen LogP contribution is -2.28. The largest absolute Gasteiger partial charge is 0.385 e. The quantitative estimate of drug-likeness (QED) is 0.787. The molecule has 1 aromatic carbocycles. The molecular weight excluding hydrogens is 280 g/mol. The summed E-state index contributed by atoms with van der Waals surface area (Å²) in [5.74, 6) is 0.683. The summed E-state index contributed by atoms with van der Waals surface area (Å²) in [5.41, 5.74) is 1.36. The molecule has 120 valence electrons. The molecule has 2 amide bonds. The number of nitrogens with zero attached hydrogens (tertiary/aromatic N) is 1. The zero-order chi connectivity index (χ0) is 16.1. The van der Waals surface area contributed by atoms with Crippen LogP contribution in [0.5, 0.6) is 0 Å². The van der Waals surface area contributed by atoms with Gasteiger partial charge in [0.15, 0.2) is 0 Å². The van der Waals surface area contributed by atoms with Gasteiger partial charge in [-0.05, 0) is 43.0 Å². The van der Waals surface area contributed by atoms with Gasteiger partial charge in [0, 0.05) is 44.5 Å². The van der Waals surface area contributed by atoms with Gasteiger partial charge in [0.1, 0.15) is 0 Å². The van der Waals surface area contributed by atoms with Crippen molar-refractivity contribution in [1.29, 1.82) is 0 Å². The number of carbonyl (C=O) groups excluding carboxylic acids is 2. The lowest BCUT2D eigenvalue weighted by atomic mass is 10.1. The SMILES string of the molecule is COCCCN(C)C(=O)c1ccc(NC(=O)C2CC2C)cc1. The molecule has 1 aromatic rings. The van der Waals surface area contributed by atoms with Gasteiger partial charge in [-0.15, -0.1) is 0 Å². The zero-order valence-electron chi connectivity index (χ0n) is 13.5. The van der Waals surface area contributed by atoms with Crippen molar-refractivity contribution in [2.24, 2.45) is 11.8 Å². The van der Waals surface area contributed by atoms with E-state index in [-0.39, 0.29) is 17.7 Å². The predicted octanol–water partition coefficient (Wildman–Crippen LogP) is 2.39. The van der Waals surface area contributed by atoms with E-state index >= 15 is 0 Å². The average molecular weight is 304 g/mol. The predicted molar refractivity (Wildman–Crippen MR) is 85.8 cm³/mol. The molecular formula is C17H24N2O3. The van der Waals surface area contributed by atoms with E-state index in [0.717, 1.165) is 18.5 Å². The summed E-state index contributed by atoms with van der Waals surface area (Å²) in [4.78, 5) is 25.8. The lowest BCUT2D eigenvalue weighted by Gasteiger charge is -2.17. The summed E-state index contributed by atoms with van der Waals surface area (Å²) in [6, 6.07) is 7.06. The van der Waals surface area contributed by atoms with Crippen LogP contribution in [0, 0.1) is 11.8 Å². The van der Waals surface area contributed by atoms with E-state index in [1.165, 1.54) is 0 Å². The third kappa shape index (κ3) is 4.31. The molecule has 22 heavy (non-hydrogen) atoms. The van der Waals surface area contributed by atoms with Crippen molar-refractivity contribution in [2.75, 3.05) is 32.6 Å². The molecule has 5 heteroatoms. The van der Waals surface area contributed by atoms with Gasteiger partial charge in [-0.1, -0.05) is 6.92 Å². The third-order valence-corrected chi connectivity index (χ3v) is 4.03. The van der Waals surface area contributed by atoms with Gasteiger partial charge in [0.25, 0.3) is 5.91 Å². The van der Waals surface area contributed by atoms with E-state index < -0.39 is 0 Å². The second-order valence-corrected chi connectivity index (χ2v) is 5.96.